The number of morpholine rings is 1. The molecule has 1 saturated heterocycles. The fourth-order valence-electron chi connectivity index (χ4n) is 2.72. The van der Waals surface area contributed by atoms with Crippen LogP contribution in [0.2, 0.25) is 0 Å². The summed E-state index contributed by atoms with van der Waals surface area (Å²) >= 11 is 0. The Bertz CT molecular complexity index is 425. The van der Waals surface area contributed by atoms with Crippen molar-refractivity contribution < 1.29 is 9.84 Å². The van der Waals surface area contributed by atoms with E-state index >= 15 is 0 Å². The Morgan fingerprint density at radius 1 is 1.35 bits per heavy atom. The van der Waals surface area contributed by atoms with Crippen molar-refractivity contribution in [2.75, 3.05) is 32.8 Å². The molecule has 2 N–H and O–H groups in total. The van der Waals surface area contributed by atoms with Gasteiger partial charge in [0.2, 0.25) is 0 Å². The van der Waals surface area contributed by atoms with Crippen molar-refractivity contribution in [3.63, 3.8) is 0 Å². The van der Waals surface area contributed by atoms with E-state index in [2.05, 4.69) is 17.1 Å². The molecule has 1 aliphatic rings. The van der Waals surface area contributed by atoms with Crippen LogP contribution in [0.25, 0.3) is 0 Å². The van der Waals surface area contributed by atoms with Gasteiger partial charge in [0.1, 0.15) is 5.75 Å². The summed E-state index contributed by atoms with van der Waals surface area (Å²) in [5.41, 5.74) is 3.08. The molecular formula is C16H26N2O2. The summed E-state index contributed by atoms with van der Waals surface area (Å²) in [6.45, 7) is 11.7. The van der Waals surface area contributed by atoms with E-state index in [1.165, 1.54) is 5.56 Å². The summed E-state index contributed by atoms with van der Waals surface area (Å²) in [5.74, 6) is 0.406. The highest BCUT2D eigenvalue weighted by atomic mass is 16.5. The summed E-state index contributed by atoms with van der Waals surface area (Å²) in [5, 5.41) is 13.2. The normalized spacial score (nSPS) is 20.2. The standard InChI is InChI=1S/C16H26N2O2/c1-4-18-5-6-20-15(11-18)10-17-9-14-7-12(2)16(19)13(3)8-14/h7-8,15,17,19H,4-6,9-11H2,1-3H3. The van der Waals surface area contributed by atoms with Crippen LogP contribution in [0.5, 0.6) is 5.75 Å². The van der Waals surface area contributed by atoms with Crippen molar-refractivity contribution in [3.8, 4) is 5.75 Å². The van der Waals surface area contributed by atoms with E-state index < -0.39 is 0 Å². The first kappa shape index (κ1) is 15.3. The third kappa shape index (κ3) is 3.95. The van der Waals surface area contributed by atoms with Crippen LogP contribution >= 0.6 is 0 Å². The number of aromatic hydroxyl groups is 1. The zero-order valence-electron chi connectivity index (χ0n) is 12.8. The van der Waals surface area contributed by atoms with Gasteiger partial charge in [-0.1, -0.05) is 19.1 Å². The minimum atomic E-state index is 0.281. The first-order chi connectivity index (χ1) is 9.60. The number of phenolic OH excluding ortho intramolecular Hbond substituents is 1. The van der Waals surface area contributed by atoms with Crippen LogP contribution in [0.4, 0.5) is 0 Å². The summed E-state index contributed by atoms with van der Waals surface area (Å²) in [6.07, 6.45) is 0.281. The number of benzene rings is 1. The van der Waals surface area contributed by atoms with E-state index in [1.807, 2.05) is 26.0 Å². The molecule has 0 radical (unpaired) electrons. The molecule has 112 valence electrons. The summed E-state index contributed by atoms with van der Waals surface area (Å²) in [6, 6.07) is 4.07. The molecule has 0 bridgehead atoms. The first-order valence-electron chi connectivity index (χ1n) is 7.44. The van der Waals surface area contributed by atoms with Crippen LogP contribution < -0.4 is 5.32 Å². The van der Waals surface area contributed by atoms with E-state index in [-0.39, 0.29) is 6.10 Å². The second-order valence-electron chi connectivity index (χ2n) is 5.60. The molecule has 1 aliphatic heterocycles. The number of ether oxygens (including phenoxy) is 1. The number of aryl methyl sites for hydroxylation is 2. The predicted octanol–water partition coefficient (Wildman–Crippen LogP) is 1.82. The largest absolute Gasteiger partial charge is 0.507 e. The SMILES string of the molecule is CCN1CCOC(CNCc2cc(C)c(O)c(C)c2)C1. The van der Waals surface area contributed by atoms with Gasteiger partial charge in [-0.3, -0.25) is 4.90 Å². The van der Waals surface area contributed by atoms with E-state index in [0.29, 0.717) is 5.75 Å². The lowest BCUT2D eigenvalue weighted by atomic mass is 10.1. The maximum Gasteiger partial charge on any atom is 0.121 e. The maximum atomic E-state index is 9.77. The fourth-order valence-corrected chi connectivity index (χ4v) is 2.72. The van der Waals surface area contributed by atoms with Crippen molar-refractivity contribution >= 4 is 0 Å². The number of phenols is 1. The van der Waals surface area contributed by atoms with Crippen LogP contribution in [0, 0.1) is 13.8 Å². The lowest BCUT2D eigenvalue weighted by Crippen LogP contribution is -2.46. The Labute approximate surface area is 121 Å². The van der Waals surface area contributed by atoms with Crippen molar-refractivity contribution in [1.82, 2.24) is 10.2 Å². The Morgan fingerprint density at radius 3 is 2.70 bits per heavy atom. The zero-order valence-corrected chi connectivity index (χ0v) is 12.8. The van der Waals surface area contributed by atoms with Crippen LogP contribution in [0.3, 0.4) is 0 Å². The Balaban J connectivity index is 1.81. The first-order valence-corrected chi connectivity index (χ1v) is 7.44. The lowest BCUT2D eigenvalue weighted by Gasteiger charge is -2.32. The van der Waals surface area contributed by atoms with Crippen LogP contribution in [0.1, 0.15) is 23.6 Å². The molecule has 0 saturated carbocycles. The summed E-state index contributed by atoms with van der Waals surface area (Å²) < 4.78 is 5.77. The van der Waals surface area contributed by atoms with Gasteiger partial charge in [-0.2, -0.15) is 0 Å². The van der Waals surface area contributed by atoms with E-state index in [1.54, 1.807) is 0 Å². The second-order valence-corrected chi connectivity index (χ2v) is 5.60. The average molecular weight is 278 g/mol. The van der Waals surface area contributed by atoms with Crippen LogP contribution in [-0.4, -0.2) is 48.9 Å². The number of hydrogen-bond acceptors (Lipinski definition) is 4. The van der Waals surface area contributed by atoms with Gasteiger partial charge < -0.3 is 15.2 Å². The van der Waals surface area contributed by atoms with Crippen LogP contribution in [0.15, 0.2) is 12.1 Å². The van der Waals surface area contributed by atoms with Gasteiger partial charge in [-0.25, -0.2) is 0 Å². The van der Waals surface area contributed by atoms with E-state index in [9.17, 15) is 5.11 Å². The minimum absolute atomic E-state index is 0.281. The third-order valence-corrected chi connectivity index (χ3v) is 3.92. The fraction of sp³-hybridized carbons (Fsp3) is 0.625. The molecule has 1 aromatic carbocycles. The van der Waals surface area contributed by atoms with Gasteiger partial charge in [0.05, 0.1) is 12.7 Å². The second kappa shape index (κ2) is 7.07. The number of nitrogens with one attached hydrogen (secondary N) is 1. The average Bonchev–Trinajstić information content (AvgIpc) is 2.45. The molecule has 1 heterocycles. The van der Waals surface area contributed by atoms with Crippen molar-refractivity contribution in [1.29, 1.82) is 0 Å². The number of nitrogens with zero attached hydrogens (tertiary/aromatic N) is 1. The molecule has 4 nitrogen and oxygen atoms in total. The molecule has 0 amide bonds. The maximum absolute atomic E-state index is 9.77. The summed E-state index contributed by atoms with van der Waals surface area (Å²) in [7, 11) is 0. The molecule has 1 unspecified atom stereocenters. The summed E-state index contributed by atoms with van der Waals surface area (Å²) in [4.78, 5) is 2.42. The zero-order chi connectivity index (χ0) is 14.5. The van der Waals surface area contributed by atoms with E-state index in [4.69, 9.17) is 4.74 Å². The minimum Gasteiger partial charge on any atom is -0.507 e. The quantitative estimate of drug-likeness (QED) is 0.862. The molecule has 0 spiro atoms. The highest BCUT2D eigenvalue weighted by molar-refractivity contribution is 5.42. The highest BCUT2D eigenvalue weighted by Gasteiger charge is 2.18. The lowest BCUT2D eigenvalue weighted by molar-refractivity contribution is -0.0253. The number of likely N-dealkylation sites (N-methyl/N-ethyl adjacent to an activating group) is 1. The van der Waals surface area contributed by atoms with Crippen LogP contribution in [-0.2, 0) is 11.3 Å². The molecule has 2 rings (SSSR count). The third-order valence-electron chi connectivity index (χ3n) is 3.92. The van der Waals surface area contributed by atoms with Gasteiger partial charge >= 0.3 is 0 Å². The van der Waals surface area contributed by atoms with Crippen molar-refractivity contribution in [2.24, 2.45) is 0 Å². The van der Waals surface area contributed by atoms with Gasteiger partial charge in [0.15, 0.2) is 0 Å². The van der Waals surface area contributed by atoms with Gasteiger partial charge in [-0.15, -0.1) is 0 Å². The monoisotopic (exact) mass is 278 g/mol. The Kier molecular flexibility index (Phi) is 5.40. The van der Waals surface area contributed by atoms with E-state index in [0.717, 1.165) is 50.5 Å². The molecular weight excluding hydrogens is 252 g/mol. The van der Waals surface area contributed by atoms with Crippen molar-refractivity contribution in [2.45, 2.75) is 33.4 Å². The number of rotatable bonds is 5. The molecule has 1 fully saturated rings. The molecule has 20 heavy (non-hydrogen) atoms. The van der Waals surface area contributed by atoms with Gasteiger partial charge in [0.25, 0.3) is 0 Å². The van der Waals surface area contributed by atoms with Gasteiger partial charge in [0, 0.05) is 26.2 Å². The topological polar surface area (TPSA) is 44.7 Å². The Hall–Kier alpha value is -1.10. The van der Waals surface area contributed by atoms with Gasteiger partial charge in [-0.05, 0) is 37.1 Å². The predicted molar refractivity (Wildman–Crippen MR) is 81.1 cm³/mol. The van der Waals surface area contributed by atoms with Crippen molar-refractivity contribution in [3.05, 3.63) is 28.8 Å². The molecule has 0 aromatic heterocycles. The molecule has 1 atom stereocenters. The molecule has 1 aromatic rings. The number of hydrogen-bond donors (Lipinski definition) is 2. The Morgan fingerprint density at radius 2 is 2.05 bits per heavy atom. The molecule has 4 heteroatoms. The molecule has 0 aliphatic carbocycles. The smallest absolute Gasteiger partial charge is 0.121 e. The highest BCUT2D eigenvalue weighted by Crippen LogP contribution is 2.22.